The van der Waals surface area contributed by atoms with Crippen LogP contribution in [0.15, 0.2) is 35.3 Å². The Bertz CT molecular complexity index is 295. The molecule has 0 aliphatic carbocycles. The highest BCUT2D eigenvalue weighted by atomic mass is 16.5. The quantitative estimate of drug-likeness (QED) is 0.579. The second-order valence-electron chi connectivity index (χ2n) is 3.18. The van der Waals surface area contributed by atoms with Crippen LogP contribution in [0, 0.1) is 0 Å². The molecule has 0 aliphatic rings. The van der Waals surface area contributed by atoms with Crippen molar-refractivity contribution < 1.29 is 4.74 Å². The molecule has 0 heterocycles. The van der Waals surface area contributed by atoms with E-state index in [1.54, 1.807) is 7.11 Å². The second kappa shape index (κ2) is 5.40. The molecule has 1 atom stereocenters. The molecule has 0 bridgehead atoms. The van der Waals surface area contributed by atoms with E-state index < -0.39 is 0 Å². The summed E-state index contributed by atoms with van der Waals surface area (Å²) in [6.45, 7) is 2.56. The zero-order chi connectivity index (χ0) is 10.4. The number of benzene rings is 1. The fourth-order valence-corrected chi connectivity index (χ4v) is 1.20. The number of amidine groups is 1. The molecule has 3 heteroatoms. The van der Waals surface area contributed by atoms with Crippen LogP contribution in [0.4, 0.5) is 0 Å². The minimum absolute atomic E-state index is 0.0974. The van der Waals surface area contributed by atoms with Crippen LogP contribution in [0.3, 0.4) is 0 Å². The highest BCUT2D eigenvalue weighted by Crippen LogP contribution is 2.00. The summed E-state index contributed by atoms with van der Waals surface area (Å²) in [6, 6.07) is 9.82. The molecule has 76 valence electrons. The first kappa shape index (κ1) is 10.7. The molecule has 3 nitrogen and oxygen atoms in total. The molecule has 0 aliphatic heterocycles. The Balaban J connectivity index is 2.69. The zero-order valence-corrected chi connectivity index (χ0v) is 8.60. The van der Waals surface area contributed by atoms with Gasteiger partial charge in [-0.15, -0.1) is 0 Å². The fraction of sp³-hybridized carbons (Fsp3) is 0.364. The second-order valence-corrected chi connectivity index (χ2v) is 3.18. The molecule has 0 spiro atoms. The predicted molar refractivity (Wildman–Crippen MR) is 58.5 cm³/mol. The molecule has 0 radical (unpaired) electrons. The van der Waals surface area contributed by atoms with Gasteiger partial charge in [0.25, 0.3) is 0 Å². The monoisotopic (exact) mass is 192 g/mol. The number of hydrogen-bond acceptors (Lipinski definition) is 2. The van der Waals surface area contributed by atoms with Gasteiger partial charge in [-0.2, -0.15) is 0 Å². The summed E-state index contributed by atoms with van der Waals surface area (Å²) in [5.41, 5.74) is 6.77. The van der Waals surface area contributed by atoms with Gasteiger partial charge in [-0.05, 0) is 6.92 Å². The molecule has 14 heavy (non-hydrogen) atoms. The van der Waals surface area contributed by atoms with Gasteiger partial charge < -0.3 is 10.5 Å². The van der Waals surface area contributed by atoms with Gasteiger partial charge in [0.15, 0.2) is 0 Å². The maximum atomic E-state index is 5.82. The van der Waals surface area contributed by atoms with Crippen molar-refractivity contribution in [3.63, 3.8) is 0 Å². The van der Waals surface area contributed by atoms with E-state index in [1.165, 1.54) is 0 Å². The van der Waals surface area contributed by atoms with Gasteiger partial charge in [0.1, 0.15) is 5.84 Å². The van der Waals surface area contributed by atoms with Crippen molar-refractivity contribution in [1.82, 2.24) is 0 Å². The first-order valence-corrected chi connectivity index (χ1v) is 4.61. The third-order valence-electron chi connectivity index (χ3n) is 1.84. The van der Waals surface area contributed by atoms with E-state index in [1.807, 2.05) is 37.3 Å². The summed E-state index contributed by atoms with van der Waals surface area (Å²) in [6.07, 6.45) is 0. The van der Waals surface area contributed by atoms with Crippen molar-refractivity contribution in [3.05, 3.63) is 35.9 Å². The van der Waals surface area contributed by atoms with Gasteiger partial charge in [0.2, 0.25) is 0 Å². The smallest absolute Gasteiger partial charge is 0.125 e. The number of ether oxygens (including phenoxy) is 1. The fourth-order valence-electron chi connectivity index (χ4n) is 1.20. The number of nitrogens with two attached hydrogens (primary N) is 1. The van der Waals surface area contributed by atoms with Crippen LogP contribution < -0.4 is 5.73 Å². The maximum Gasteiger partial charge on any atom is 0.125 e. The average Bonchev–Trinajstić information content (AvgIpc) is 2.19. The molecule has 0 amide bonds. The molecule has 0 saturated heterocycles. The number of rotatable bonds is 4. The van der Waals surface area contributed by atoms with E-state index in [-0.39, 0.29) is 6.04 Å². The minimum Gasteiger partial charge on any atom is -0.383 e. The largest absolute Gasteiger partial charge is 0.383 e. The molecule has 1 rings (SSSR count). The molecule has 1 unspecified atom stereocenters. The Kier molecular flexibility index (Phi) is 4.13. The van der Waals surface area contributed by atoms with E-state index in [9.17, 15) is 0 Å². The predicted octanol–water partition coefficient (Wildman–Crippen LogP) is 1.43. The van der Waals surface area contributed by atoms with Gasteiger partial charge in [0.05, 0.1) is 12.6 Å². The standard InChI is InChI=1S/C11H16N2O/c1-9(8-14-2)13-11(12)10-6-4-3-5-7-10/h3-7,9H,8H2,1-2H3,(H2,12,13). The molecule has 1 aromatic rings. The van der Waals surface area contributed by atoms with Gasteiger partial charge in [-0.25, -0.2) is 0 Å². The van der Waals surface area contributed by atoms with Crippen molar-refractivity contribution in [2.45, 2.75) is 13.0 Å². The Hall–Kier alpha value is -1.35. The lowest BCUT2D eigenvalue weighted by Crippen LogP contribution is -2.18. The maximum absolute atomic E-state index is 5.82. The summed E-state index contributed by atoms with van der Waals surface area (Å²) in [4.78, 5) is 4.31. The lowest BCUT2D eigenvalue weighted by Gasteiger charge is -2.06. The van der Waals surface area contributed by atoms with Crippen molar-refractivity contribution >= 4 is 5.84 Å². The SMILES string of the molecule is COCC(C)N=C(N)c1ccccc1. The number of methoxy groups -OCH3 is 1. The summed E-state index contributed by atoms with van der Waals surface area (Å²) in [7, 11) is 1.66. The first-order chi connectivity index (χ1) is 6.74. The molecule has 0 fully saturated rings. The third kappa shape index (κ3) is 3.18. The summed E-state index contributed by atoms with van der Waals surface area (Å²) >= 11 is 0. The van der Waals surface area contributed by atoms with Crippen LogP contribution in [0.2, 0.25) is 0 Å². The highest BCUT2D eigenvalue weighted by molar-refractivity contribution is 5.97. The van der Waals surface area contributed by atoms with Crippen LogP contribution >= 0.6 is 0 Å². The molecule has 0 saturated carbocycles. The summed E-state index contributed by atoms with van der Waals surface area (Å²) < 4.78 is 4.98. The van der Waals surface area contributed by atoms with E-state index in [4.69, 9.17) is 10.5 Å². The van der Waals surface area contributed by atoms with E-state index in [0.29, 0.717) is 12.4 Å². The number of hydrogen-bond donors (Lipinski definition) is 1. The molecule has 0 aromatic heterocycles. The van der Waals surface area contributed by atoms with Crippen LogP contribution in [0.1, 0.15) is 12.5 Å². The molecule has 1 aromatic carbocycles. The summed E-state index contributed by atoms with van der Waals surface area (Å²) in [5, 5.41) is 0. The number of aliphatic imine (C=N–C) groups is 1. The van der Waals surface area contributed by atoms with Crippen LogP contribution in [0.5, 0.6) is 0 Å². The van der Waals surface area contributed by atoms with Crippen LogP contribution in [-0.2, 0) is 4.74 Å². The molecular weight excluding hydrogens is 176 g/mol. The minimum atomic E-state index is 0.0974. The van der Waals surface area contributed by atoms with E-state index in [0.717, 1.165) is 5.56 Å². The zero-order valence-electron chi connectivity index (χ0n) is 8.60. The molecule has 2 N–H and O–H groups in total. The van der Waals surface area contributed by atoms with Crippen LogP contribution in [-0.4, -0.2) is 25.6 Å². The lowest BCUT2D eigenvalue weighted by molar-refractivity contribution is 0.186. The van der Waals surface area contributed by atoms with Crippen molar-refractivity contribution in [2.75, 3.05) is 13.7 Å². The Morgan fingerprint density at radius 2 is 2.07 bits per heavy atom. The van der Waals surface area contributed by atoms with Crippen LogP contribution in [0.25, 0.3) is 0 Å². The van der Waals surface area contributed by atoms with Gasteiger partial charge in [0, 0.05) is 12.7 Å². The van der Waals surface area contributed by atoms with Gasteiger partial charge in [-0.1, -0.05) is 30.3 Å². The Morgan fingerprint density at radius 1 is 1.43 bits per heavy atom. The lowest BCUT2D eigenvalue weighted by atomic mass is 10.2. The average molecular weight is 192 g/mol. The van der Waals surface area contributed by atoms with E-state index >= 15 is 0 Å². The summed E-state index contributed by atoms with van der Waals surface area (Å²) in [5.74, 6) is 0.565. The van der Waals surface area contributed by atoms with Crippen molar-refractivity contribution in [2.24, 2.45) is 10.7 Å². The first-order valence-electron chi connectivity index (χ1n) is 4.61. The van der Waals surface area contributed by atoms with Gasteiger partial charge in [-0.3, -0.25) is 4.99 Å². The Morgan fingerprint density at radius 3 is 2.64 bits per heavy atom. The number of nitrogens with zero attached hydrogens (tertiary/aromatic N) is 1. The topological polar surface area (TPSA) is 47.6 Å². The van der Waals surface area contributed by atoms with Crippen molar-refractivity contribution in [1.29, 1.82) is 0 Å². The molecular formula is C11H16N2O. The highest BCUT2D eigenvalue weighted by Gasteiger charge is 2.01. The third-order valence-corrected chi connectivity index (χ3v) is 1.84. The normalized spacial score (nSPS) is 14.0. The van der Waals surface area contributed by atoms with Gasteiger partial charge >= 0.3 is 0 Å². The van der Waals surface area contributed by atoms with E-state index in [2.05, 4.69) is 4.99 Å². The Labute approximate surface area is 84.6 Å². The van der Waals surface area contributed by atoms with Crippen molar-refractivity contribution in [3.8, 4) is 0 Å².